The van der Waals surface area contributed by atoms with Crippen LogP contribution < -0.4 is 9.47 Å². The maximum Gasteiger partial charge on any atom is 0.362 e. The molecule has 0 amide bonds. The van der Waals surface area contributed by atoms with Gasteiger partial charge in [-0.25, -0.2) is 0 Å². The summed E-state index contributed by atoms with van der Waals surface area (Å²) in [7, 11) is -4.24. The van der Waals surface area contributed by atoms with E-state index < -0.39 is 13.9 Å². The summed E-state index contributed by atoms with van der Waals surface area (Å²) in [5.74, 6) is 0.937. The van der Waals surface area contributed by atoms with Crippen molar-refractivity contribution >= 4 is 13.6 Å². The van der Waals surface area contributed by atoms with Gasteiger partial charge < -0.3 is 19.3 Å². The van der Waals surface area contributed by atoms with E-state index in [1.807, 2.05) is 39.0 Å². The van der Waals surface area contributed by atoms with Crippen molar-refractivity contribution in [2.45, 2.75) is 53.9 Å². The van der Waals surface area contributed by atoms with Crippen molar-refractivity contribution in [3.8, 4) is 11.5 Å². The molecule has 2 N–H and O–H groups in total. The van der Waals surface area contributed by atoms with E-state index in [1.54, 1.807) is 0 Å². The molecule has 0 fully saturated rings. The molecule has 0 radical (unpaired) electrons. The highest BCUT2D eigenvalue weighted by Crippen LogP contribution is 2.37. The molecule has 0 saturated carbocycles. The molecule has 0 saturated heterocycles. The number of carbonyl (C=O) groups excluding carboxylic acids is 1. The Kier molecular flexibility index (Phi) is 7.28. The van der Waals surface area contributed by atoms with Gasteiger partial charge in [-0.15, -0.1) is 0 Å². The normalized spacial score (nSPS) is 11.6. The SMILES string of the molecule is CC(=O)Oc1ccc(Cc2c(C)cc(OCP(=O)(O)O)c(C)c2C)cc1C(C)C. The van der Waals surface area contributed by atoms with Crippen LogP contribution in [0.1, 0.15) is 60.1 Å². The van der Waals surface area contributed by atoms with E-state index >= 15 is 0 Å². The van der Waals surface area contributed by atoms with Crippen LogP contribution >= 0.6 is 7.60 Å². The third-order valence-corrected chi connectivity index (χ3v) is 5.39. The number of ether oxygens (including phenoxy) is 2. The first-order chi connectivity index (χ1) is 13.4. The Morgan fingerprint density at radius 2 is 1.72 bits per heavy atom. The molecule has 0 aromatic heterocycles. The minimum absolute atomic E-state index is 0.205. The van der Waals surface area contributed by atoms with E-state index in [-0.39, 0.29) is 11.9 Å². The molecule has 0 aliphatic heterocycles. The van der Waals surface area contributed by atoms with Gasteiger partial charge in [0.1, 0.15) is 11.5 Å². The molecule has 2 aromatic rings. The molecule has 0 bridgehead atoms. The number of esters is 1. The topological polar surface area (TPSA) is 93.1 Å². The molecule has 0 unspecified atom stereocenters. The van der Waals surface area contributed by atoms with E-state index in [2.05, 4.69) is 19.9 Å². The molecule has 6 nitrogen and oxygen atoms in total. The zero-order valence-corrected chi connectivity index (χ0v) is 18.7. The molecule has 7 heteroatoms. The van der Waals surface area contributed by atoms with Crippen LogP contribution in [0.3, 0.4) is 0 Å². The lowest BCUT2D eigenvalue weighted by molar-refractivity contribution is -0.131. The molecule has 2 rings (SSSR count). The second kappa shape index (κ2) is 9.12. The molecule has 29 heavy (non-hydrogen) atoms. The third kappa shape index (κ3) is 6.17. The molecule has 2 aromatic carbocycles. The quantitative estimate of drug-likeness (QED) is 0.381. The van der Waals surface area contributed by atoms with Gasteiger partial charge in [-0.05, 0) is 78.6 Å². The minimum Gasteiger partial charge on any atom is -0.481 e. The first kappa shape index (κ1) is 23.1. The van der Waals surface area contributed by atoms with Crippen molar-refractivity contribution < 1.29 is 28.6 Å². The first-order valence-corrected chi connectivity index (χ1v) is 11.3. The van der Waals surface area contributed by atoms with Gasteiger partial charge in [-0.1, -0.05) is 26.0 Å². The fraction of sp³-hybridized carbons (Fsp3) is 0.409. The lowest BCUT2D eigenvalue weighted by Gasteiger charge is -2.19. The summed E-state index contributed by atoms with van der Waals surface area (Å²) >= 11 is 0. The van der Waals surface area contributed by atoms with E-state index in [0.29, 0.717) is 17.9 Å². The summed E-state index contributed by atoms with van der Waals surface area (Å²) in [6.45, 7) is 11.3. The smallest absolute Gasteiger partial charge is 0.362 e. The summed E-state index contributed by atoms with van der Waals surface area (Å²) in [4.78, 5) is 29.5. The van der Waals surface area contributed by atoms with Crippen LogP contribution in [-0.4, -0.2) is 22.1 Å². The highest BCUT2D eigenvalue weighted by molar-refractivity contribution is 7.51. The molecule has 0 atom stereocenters. The van der Waals surface area contributed by atoms with E-state index in [1.165, 1.54) is 6.92 Å². The minimum atomic E-state index is -4.24. The van der Waals surface area contributed by atoms with E-state index in [9.17, 15) is 9.36 Å². The van der Waals surface area contributed by atoms with E-state index in [0.717, 1.165) is 33.4 Å². The summed E-state index contributed by atoms with van der Waals surface area (Å²) in [6, 6.07) is 7.68. The first-order valence-electron chi connectivity index (χ1n) is 9.47. The van der Waals surface area contributed by atoms with Gasteiger partial charge in [0.2, 0.25) is 0 Å². The molecular formula is C22H29O6P. The van der Waals surface area contributed by atoms with Crippen LogP contribution in [0.5, 0.6) is 11.5 Å². The zero-order chi connectivity index (χ0) is 21.9. The van der Waals surface area contributed by atoms with Gasteiger partial charge in [0.15, 0.2) is 6.35 Å². The fourth-order valence-electron chi connectivity index (χ4n) is 3.29. The Bertz CT molecular complexity index is 958. The van der Waals surface area contributed by atoms with Gasteiger partial charge in [0, 0.05) is 6.92 Å². The molecule has 0 aliphatic rings. The average molecular weight is 420 g/mol. The number of benzene rings is 2. The molecule has 0 aliphatic carbocycles. The Hall–Kier alpha value is -2.14. The van der Waals surface area contributed by atoms with Crippen LogP contribution in [0.4, 0.5) is 0 Å². The van der Waals surface area contributed by atoms with Crippen molar-refractivity contribution in [2.24, 2.45) is 0 Å². The number of hydrogen-bond donors (Lipinski definition) is 2. The summed E-state index contributed by atoms with van der Waals surface area (Å²) in [6.07, 6.45) is 0.0543. The number of aryl methyl sites for hydroxylation is 1. The lowest BCUT2D eigenvalue weighted by Crippen LogP contribution is -2.07. The van der Waals surface area contributed by atoms with Gasteiger partial charge in [0.05, 0.1) is 0 Å². The molecule has 0 heterocycles. The van der Waals surface area contributed by atoms with Gasteiger partial charge in [-0.3, -0.25) is 9.36 Å². The van der Waals surface area contributed by atoms with Gasteiger partial charge in [-0.2, -0.15) is 0 Å². The summed E-state index contributed by atoms with van der Waals surface area (Å²) < 4.78 is 21.8. The molecular weight excluding hydrogens is 391 g/mol. The van der Waals surface area contributed by atoms with Crippen LogP contribution in [-0.2, 0) is 15.8 Å². The maximum absolute atomic E-state index is 11.4. The number of hydrogen-bond acceptors (Lipinski definition) is 4. The van der Waals surface area contributed by atoms with Crippen molar-refractivity contribution in [3.63, 3.8) is 0 Å². The van der Waals surface area contributed by atoms with Crippen molar-refractivity contribution in [1.82, 2.24) is 0 Å². The summed E-state index contributed by atoms with van der Waals surface area (Å²) in [5, 5.41) is 0. The Morgan fingerprint density at radius 1 is 1.07 bits per heavy atom. The van der Waals surface area contributed by atoms with Crippen LogP contribution in [0, 0.1) is 20.8 Å². The van der Waals surface area contributed by atoms with Crippen molar-refractivity contribution in [1.29, 1.82) is 0 Å². The van der Waals surface area contributed by atoms with E-state index in [4.69, 9.17) is 19.3 Å². The highest BCUT2D eigenvalue weighted by atomic mass is 31.2. The van der Waals surface area contributed by atoms with Crippen LogP contribution in [0.25, 0.3) is 0 Å². The Balaban J connectivity index is 2.36. The fourth-order valence-corrected chi connectivity index (χ4v) is 3.59. The Labute approximate surface area is 172 Å². The second-order valence-electron chi connectivity index (χ2n) is 7.66. The number of rotatable bonds is 7. The number of carbonyl (C=O) groups is 1. The predicted molar refractivity (Wildman–Crippen MR) is 113 cm³/mol. The van der Waals surface area contributed by atoms with Crippen molar-refractivity contribution in [2.75, 3.05) is 6.35 Å². The zero-order valence-electron chi connectivity index (χ0n) is 17.8. The maximum atomic E-state index is 11.4. The largest absolute Gasteiger partial charge is 0.481 e. The van der Waals surface area contributed by atoms with Crippen LogP contribution in [0.15, 0.2) is 24.3 Å². The van der Waals surface area contributed by atoms with Crippen LogP contribution in [0.2, 0.25) is 0 Å². The molecule has 158 valence electrons. The van der Waals surface area contributed by atoms with Crippen molar-refractivity contribution in [3.05, 3.63) is 57.6 Å². The predicted octanol–water partition coefficient (Wildman–Crippen LogP) is 4.77. The van der Waals surface area contributed by atoms with Gasteiger partial charge in [0.25, 0.3) is 0 Å². The standard InChI is InChI=1S/C22H29O6P/c1-13(2)19-10-18(7-8-21(19)28-17(6)23)11-20-14(3)9-22(16(5)15(20)4)27-12-29(24,25)26/h7-10,13H,11-12H2,1-6H3,(H2,24,25,26). The lowest BCUT2D eigenvalue weighted by atomic mass is 9.90. The Morgan fingerprint density at radius 3 is 2.28 bits per heavy atom. The second-order valence-corrected chi connectivity index (χ2v) is 9.24. The van der Waals surface area contributed by atoms with Gasteiger partial charge >= 0.3 is 13.6 Å². The molecule has 0 spiro atoms. The monoisotopic (exact) mass is 420 g/mol. The third-order valence-electron chi connectivity index (χ3n) is 4.93. The highest BCUT2D eigenvalue weighted by Gasteiger charge is 2.18. The summed E-state index contributed by atoms with van der Waals surface area (Å²) in [5.41, 5.74) is 6.09. The average Bonchev–Trinajstić information content (AvgIpc) is 2.60.